The lowest BCUT2D eigenvalue weighted by atomic mass is 10.1. The zero-order chi connectivity index (χ0) is 16.0. The molecule has 0 radical (unpaired) electrons. The Morgan fingerprint density at radius 1 is 1.35 bits per heavy atom. The Hall–Kier alpha value is -2.32. The number of aromatic amines is 2. The van der Waals surface area contributed by atoms with Crippen molar-refractivity contribution < 1.29 is 4.79 Å². The second-order valence-electron chi connectivity index (χ2n) is 5.47. The van der Waals surface area contributed by atoms with Crippen LogP contribution in [0.25, 0.3) is 10.9 Å². The largest absolute Gasteiger partial charge is 0.332 e. The molecule has 0 bridgehead atoms. The molecule has 0 atom stereocenters. The minimum atomic E-state index is -0.273. The number of benzene rings is 1. The number of hydrogen-bond acceptors (Lipinski definition) is 5. The summed E-state index contributed by atoms with van der Waals surface area (Å²) in [5.74, 6) is 0.299. The number of hydrogen-bond donors (Lipinski definition) is 3. The quantitative estimate of drug-likeness (QED) is 0.637. The summed E-state index contributed by atoms with van der Waals surface area (Å²) in [6.07, 6.45) is 2.35. The zero-order valence-corrected chi connectivity index (χ0v) is 13.5. The van der Waals surface area contributed by atoms with E-state index < -0.39 is 0 Å². The van der Waals surface area contributed by atoms with E-state index in [2.05, 4.69) is 20.3 Å². The Morgan fingerprint density at radius 2 is 2.17 bits per heavy atom. The van der Waals surface area contributed by atoms with Crippen molar-refractivity contribution in [2.45, 2.75) is 18.8 Å². The maximum absolute atomic E-state index is 12.4. The monoisotopic (exact) mass is 344 g/mol. The summed E-state index contributed by atoms with van der Waals surface area (Å²) < 4.78 is 0.231. The predicted molar refractivity (Wildman–Crippen MR) is 91.8 cm³/mol. The molecule has 6 nitrogen and oxygen atoms in total. The molecule has 23 heavy (non-hydrogen) atoms. The second-order valence-corrected chi connectivity index (χ2v) is 6.74. The van der Waals surface area contributed by atoms with Crippen LogP contribution in [0, 0.1) is 4.77 Å². The highest BCUT2D eigenvalue weighted by molar-refractivity contribution is 7.71. The Bertz CT molecular complexity index is 1030. The van der Waals surface area contributed by atoms with Gasteiger partial charge in [0.1, 0.15) is 0 Å². The summed E-state index contributed by atoms with van der Waals surface area (Å²) in [5.41, 5.74) is 1.75. The number of rotatable bonds is 3. The summed E-state index contributed by atoms with van der Waals surface area (Å²) in [6.45, 7) is 0. The number of aromatic nitrogens is 3. The molecule has 8 heteroatoms. The molecule has 1 aliphatic carbocycles. The number of thiazole rings is 1. The topological polar surface area (TPSA) is 90.6 Å². The van der Waals surface area contributed by atoms with E-state index in [9.17, 15) is 9.59 Å². The van der Waals surface area contributed by atoms with Gasteiger partial charge in [-0.05, 0) is 43.3 Å². The van der Waals surface area contributed by atoms with Gasteiger partial charge in [-0.15, -0.1) is 11.3 Å². The van der Waals surface area contributed by atoms with Crippen molar-refractivity contribution in [2.75, 3.05) is 5.32 Å². The molecule has 1 amide bonds. The molecular weight excluding hydrogens is 332 g/mol. The maximum atomic E-state index is 12.4. The molecule has 1 aromatic carbocycles. The molecule has 3 aromatic rings. The van der Waals surface area contributed by atoms with E-state index in [-0.39, 0.29) is 16.2 Å². The Kier molecular flexibility index (Phi) is 3.35. The fraction of sp³-hybridized carbons (Fsp3) is 0.200. The number of H-pyrrole nitrogens is 2. The van der Waals surface area contributed by atoms with Crippen LogP contribution in [-0.4, -0.2) is 20.9 Å². The van der Waals surface area contributed by atoms with E-state index in [4.69, 9.17) is 12.2 Å². The van der Waals surface area contributed by atoms with E-state index in [1.54, 1.807) is 18.2 Å². The van der Waals surface area contributed by atoms with Crippen molar-refractivity contribution in [1.82, 2.24) is 15.0 Å². The number of carbonyl (C=O) groups excluding carboxylic acids is 1. The minimum Gasteiger partial charge on any atom is -0.332 e. The number of carbonyl (C=O) groups is 1. The highest BCUT2D eigenvalue weighted by Gasteiger charge is 2.26. The van der Waals surface area contributed by atoms with Crippen LogP contribution in [0.4, 0.5) is 5.13 Å². The van der Waals surface area contributed by atoms with Gasteiger partial charge in [-0.25, -0.2) is 4.98 Å². The number of fused-ring (bicyclic) bond motifs is 1. The summed E-state index contributed by atoms with van der Waals surface area (Å²) in [5, 5.41) is 5.84. The smallest absolute Gasteiger partial charge is 0.259 e. The van der Waals surface area contributed by atoms with Gasteiger partial charge < -0.3 is 4.98 Å². The van der Waals surface area contributed by atoms with E-state index >= 15 is 0 Å². The molecule has 1 saturated carbocycles. The van der Waals surface area contributed by atoms with Crippen molar-refractivity contribution in [3.05, 3.63) is 50.0 Å². The number of nitrogens with one attached hydrogen (secondary N) is 3. The molecule has 0 aliphatic heterocycles. The van der Waals surface area contributed by atoms with Gasteiger partial charge in [-0.2, -0.15) is 0 Å². The third-order valence-electron chi connectivity index (χ3n) is 3.74. The highest BCUT2D eigenvalue weighted by atomic mass is 32.1. The van der Waals surface area contributed by atoms with Crippen molar-refractivity contribution in [3.8, 4) is 0 Å². The summed E-state index contributed by atoms with van der Waals surface area (Å²) in [4.78, 5) is 34.0. The first kappa shape index (κ1) is 14.3. The Morgan fingerprint density at radius 3 is 2.96 bits per heavy atom. The minimum absolute atomic E-state index is 0.231. The van der Waals surface area contributed by atoms with Gasteiger partial charge in [0.15, 0.2) is 9.90 Å². The predicted octanol–water partition coefficient (Wildman–Crippen LogP) is 3.17. The first-order valence-corrected chi connectivity index (χ1v) is 8.42. The van der Waals surface area contributed by atoms with E-state index in [0.717, 1.165) is 5.69 Å². The lowest BCUT2D eigenvalue weighted by Crippen LogP contribution is -2.13. The summed E-state index contributed by atoms with van der Waals surface area (Å²) in [7, 11) is 0. The highest BCUT2D eigenvalue weighted by Crippen LogP contribution is 2.40. The third kappa shape index (κ3) is 2.82. The maximum Gasteiger partial charge on any atom is 0.259 e. The fourth-order valence-electron chi connectivity index (χ4n) is 2.39. The van der Waals surface area contributed by atoms with Crippen LogP contribution in [-0.2, 0) is 0 Å². The normalized spacial score (nSPS) is 14.1. The lowest BCUT2D eigenvalue weighted by molar-refractivity contribution is 0.102. The SMILES string of the molecule is O=C(Nc1nc(C2CC2)cs1)c1ccc2c(=O)[nH]c(=S)[nH]c2c1. The Balaban J connectivity index is 1.63. The average molecular weight is 344 g/mol. The third-order valence-corrected chi connectivity index (χ3v) is 4.72. The standard InChI is InChI=1S/C15H12N4O2S2/c20-12(19-15-17-11(6-23-15)7-1-2-7)8-3-4-9-10(5-8)16-14(22)18-13(9)21/h3-7H,1-2H2,(H,17,19,20)(H2,16,18,21,22). The molecule has 0 saturated heterocycles. The molecule has 2 heterocycles. The van der Waals surface area contributed by atoms with Gasteiger partial charge in [0.05, 0.1) is 16.6 Å². The Labute approximate surface area is 139 Å². The number of amides is 1. The molecule has 1 fully saturated rings. The van der Waals surface area contributed by atoms with Gasteiger partial charge in [-0.3, -0.25) is 19.9 Å². The first-order valence-electron chi connectivity index (χ1n) is 7.13. The van der Waals surface area contributed by atoms with Crippen LogP contribution in [0.15, 0.2) is 28.4 Å². The van der Waals surface area contributed by atoms with Gasteiger partial charge in [0.25, 0.3) is 11.5 Å². The van der Waals surface area contributed by atoms with Crippen LogP contribution in [0.1, 0.15) is 34.8 Å². The molecule has 0 spiro atoms. The number of anilines is 1. The van der Waals surface area contributed by atoms with Crippen molar-refractivity contribution in [3.63, 3.8) is 0 Å². The molecular formula is C15H12N4O2S2. The lowest BCUT2D eigenvalue weighted by Gasteiger charge is -2.03. The van der Waals surface area contributed by atoms with Gasteiger partial charge in [0, 0.05) is 16.9 Å². The summed E-state index contributed by atoms with van der Waals surface area (Å²) >= 11 is 6.38. The van der Waals surface area contributed by atoms with Crippen LogP contribution in [0.2, 0.25) is 0 Å². The average Bonchev–Trinajstić information content (AvgIpc) is 3.27. The molecule has 2 aromatic heterocycles. The van der Waals surface area contributed by atoms with Crippen LogP contribution in [0.5, 0.6) is 0 Å². The first-order chi connectivity index (χ1) is 11.1. The molecule has 4 rings (SSSR count). The van der Waals surface area contributed by atoms with E-state index in [1.807, 2.05) is 5.38 Å². The molecule has 0 unspecified atom stereocenters. The van der Waals surface area contributed by atoms with Gasteiger partial charge >= 0.3 is 0 Å². The zero-order valence-electron chi connectivity index (χ0n) is 11.9. The van der Waals surface area contributed by atoms with Crippen molar-refractivity contribution in [1.29, 1.82) is 0 Å². The van der Waals surface area contributed by atoms with E-state index in [1.165, 1.54) is 24.2 Å². The second kappa shape index (κ2) is 5.39. The fourth-order valence-corrected chi connectivity index (χ4v) is 3.38. The van der Waals surface area contributed by atoms with Crippen molar-refractivity contribution >= 4 is 45.5 Å². The van der Waals surface area contributed by atoms with Crippen molar-refractivity contribution in [2.24, 2.45) is 0 Å². The van der Waals surface area contributed by atoms with E-state index in [0.29, 0.717) is 27.5 Å². The van der Waals surface area contributed by atoms with Gasteiger partial charge in [0.2, 0.25) is 0 Å². The molecule has 3 N–H and O–H groups in total. The van der Waals surface area contributed by atoms with Crippen LogP contribution < -0.4 is 10.9 Å². The molecule has 116 valence electrons. The van der Waals surface area contributed by atoms with Crippen LogP contribution in [0.3, 0.4) is 0 Å². The van der Waals surface area contributed by atoms with Crippen LogP contribution >= 0.6 is 23.6 Å². The molecule has 1 aliphatic rings. The number of nitrogens with zero attached hydrogens (tertiary/aromatic N) is 1. The van der Waals surface area contributed by atoms with Gasteiger partial charge in [-0.1, -0.05) is 0 Å². The summed E-state index contributed by atoms with van der Waals surface area (Å²) in [6, 6.07) is 4.83.